The molecule has 80 valence electrons. The van der Waals surface area contributed by atoms with Gasteiger partial charge in [0, 0.05) is 6.04 Å². The van der Waals surface area contributed by atoms with E-state index in [0.29, 0.717) is 6.61 Å². The Labute approximate surface area is 87.9 Å². The van der Waals surface area contributed by atoms with Crippen molar-refractivity contribution < 1.29 is 14.6 Å². The number of hydrogen-bond acceptors (Lipinski definition) is 3. The van der Waals surface area contributed by atoms with Gasteiger partial charge < -0.3 is 9.84 Å². The molecule has 4 nitrogen and oxygen atoms in total. The maximum Gasteiger partial charge on any atom is 0.348 e. The molecule has 0 spiro atoms. The van der Waals surface area contributed by atoms with Crippen LogP contribution in [0.5, 0.6) is 0 Å². The van der Waals surface area contributed by atoms with E-state index in [4.69, 9.17) is 9.84 Å². The Balaban J connectivity index is 2.08. The van der Waals surface area contributed by atoms with Gasteiger partial charge in [-0.25, -0.2) is 4.79 Å². The highest BCUT2D eigenvalue weighted by molar-refractivity contribution is 5.72. The number of carboxylic acids is 1. The van der Waals surface area contributed by atoms with Crippen LogP contribution in [0.2, 0.25) is 0 Å². The average Bonchev–Trinajstić information content (AvgIpc) is 2.30. The minimum absolute atomic E-state index is 0.0704. The van der Waals surface area contributed by atoms with Crippen LogP contribution in [0.25, 0.3) is 0 Å². The molecule has 0 aromatic heterocycles. The first kappa shape index (κ1) is 10.1. The highest BCUT2D eigenvalue weighted by Crippen LogP contribution is 2.20. The van der Waals surface area contributed by atoms with Crippen LogP contribution in [-0.4, -0.2) is 23.9 Å². The van der Waals surface area contributed by atoms with Crippen LogP contribution in [0, 0.1) is 0 Å². The van der Waals surface area contributed by atoms with Crippen molar-refractivity contribution >= 4 is 5.97 Å². The highest BCUT2D eigenvalue weighted by atomic mass is 16.5. The van der Waals surface area contributed by atoms with E-state index in [1.807, 2.05) is 30.3 Å². The SMILES string of the molecule is O=C(O)C1NC(c2ccccc2)CCO1. The number of aliphatic carboxylic acids is 1. The van der Waals surface area contributed by atoms with Crippen molar-refractivity contribution in [2.75, 3.05) is 6.61 Å². The third kappa shape index (κ3) is 2.34. The molecule has 0 radical (unpaired) electrons. The lowest BCUT2D eigenvalue weighted by Gasteiger charge is -2.29. The van der Waals surface area contributed by atoms with E-state index in [0.717, 1.165) is 12.0 Å². The Morgan fingerprint density at radius 1 is 1.40 bits per heavy atom. The molecule has 1 heterocycles. The van der Waals surface area contributed by atoms with Crippen molar-refractivity contribution in [2.45, 2.75) is 18.7 Å². The van der Waals surface area contributed by atoms with Crippen molar-refractivity contribution in [3.63, 3.8) is 0 Å². The molecule has 1 aliphatic heterocycles. The first-order valence-corrected chi connectivity index (χ1v) is 4.93. The van der Waals surface area contributed by atoms with Crippen molar-refractivity contribution in [2.24, 2.45) is 0 Å². The molecule has 1 aromatic rings. The van der Waals surface area contributed by atoms with Gasteiger partial charge in [-0.15, -0.1) is 0 Å². The van der Waals surface area contributed by atoms with E-state index in [9.17, 15) is 4.79 Å². The summed E-state index contributed by atoms with van der Waals surface area (Å²) in [7, 11) is 0. The Morgan fingerprint density at radius 2 is 2.13 bits per heavy atom. The van der Waals surface area contributed by atoms with Crippen molar-refractivity contribution in [3.05, 3.63) is 35.9 Å². The third-order valence-corrected chi connectivity index (χ3v) is 2.47. The summed E-state index contributed by atoms with van der Waals surface area (Å²) in [6.07, 6.45) is -0.0858. The summed E-state index contributed by atoms with van der Waals surface area (Å²) < 4.78 is 5.08. The third-order valence-electron chi connectivity index (χ3n) is 2.47. The van der Waals surface area contributed by atoms with Crippen molar-refractivity contribution in [1.82, 2.24) is 5.32 Å². The molecule has 2 unspecified atom stereocenters. The topological polar surface area (TPSA) is 58.6 Å². The van der Waals surface area contributed by atoms with E-state index in [1.165, 1.54) is 0 Å². The fourth-order valence-electron chi connectivity index (χ4n) is 1.71. The minimum atomic E-state index is -0.962. The fourth-order valence-corrected chi connectivity index (χ4v) is 1.71. The summed E-state index contributed by atoms with van der Waals surface area (Å²) in [6.45, 7) is 0.476. The van der Waals surface area contributed by atoms with Gasteiger partial charge in [-0.2, -0.15) is 0 Å². The van der Waals surface area contributed by atoms with Gasteiger partial charge in [0.05, 0.1) is 6.61 Å². The molecule has 0 bridgehead atoms. The Hall–Kier alpha value is -1.39. The lowest BCUT2D eigenvalue weighted by atomic mass is 10.0. The van der Waals surface area contributed by atoms with Gasteiger partial charge in [0.1, 0.15) is 0 Å². The molecule has 1 saturated heterocycles. The Bertz CT molecular complexity index is 339. The number of carboxylic acid groups (broad SMARTS) is 1. The number of nitrogens with one attached hydrogen (secondary N) is 1. The molecule has 0 saturated carbocycles. The molecule has 2 rings (SSSR count). The quantitative estimate of drug-likeness (QED) is 0.763. The predicted octanol–water partition coefficient (Wildman–Crippen LogP) is 1.15. The second-order valence-corrected chi connectivity index (χ2v) is 3.51. The van der Waals surface area contributed by atoms with Crippen LogP contribution in [0.3, 0.4) is 0 Å². The summed E-state index contributed by atoms with van der Waals surface area (Å²) in [6, 6.07) is 9.88. The fraction of sp³-hybridized carbons (Fsp3) is 0.364. The molecule has 15 heavy (non-hydrogen) atoms. The minimum Gasteiger partial charge on any atom is -0.478 e. The summed E-state index contributed by atoms with van der Waals surface area (Å²) in [5.74, 6) is -0.962. The maximum absolute atomic E-state index is 10.7. The largest absolute Gasteiger partial charge is 0.478 e. The molecule has 1 fully saturated rings. The summed E-state index contributed by atoms with van der Waals surface area (Å²) in [4.78, 5) is 10.7. The summed E-state index contributed by atoms with van der Waals surface area (Å²) in [5, 5.41) is 11.8. The molecular weight excluding hydrogens is 194 g/mol. The van der Waals surface area contributed by atoms with Crippen molar-refractivity contribution in [3.8, 4) is 0 Å². The number of benzene rings is 1. The van der Waals surface area contributed by atoms with Gasteiger partial charge >= 0.3 is 5.97 Å². The zero-order chi connectivity index (χ0) is 10.7. The van der Waals surface area contributed by atoms with Crippen LogP contribution in [0.1, 0.15) is 18.0 Å². The molecule has 1 aliphatic rings. The highest BCUT2D eigenvalue weighted by Gasteiger charge is 2.27. The number of ether oxygens (including phenoxy) is 1. The zero-order valence-electron chi connectivity index (χ0n) is 8.22. The van der Waals surface area contributed by atoms with E-state index < -0.39 is 12.2 Å². The second-order valence-electron chi connectivity index (χ2n) is 3.51. The first-order valence-electron chi connectivity index (χ1n) is 4.93. The van der Waals surface area contributed by atoms with Gasteiger partial charge in [-0.3, -0.25) is 5.32 Å². The van der Waals surface area contributed by atoms with E-state index in [2.05, 4.69) is 5.32 Å². The second kappa shape index (κ2) is 4.42. The Morgan fingerprint density at radius 3 is 2.80 bits per heavy atom. The first-order chi connectivity index (χ1) is 7.27. The monoisotopic (exact) mass is 207 g/mol. The maximum atomic E-state index is 10.7. The zero-order valence-corrected chi connectivity index (χ0v) is 8.22. The Kier molecular flexibility index (Phi) is 2.99. The van der Waals surface area contributed by atoms with Gasteiger partial charge in [0.25, 0.3) is 0 Å². The lowest BCUT2D eigenvalue weighted by Crippen LogP contribution is -2.45. The molecular formula is C11H13NO3. The molecule has 0 aliphatic carbocycles. The van der Waals surface area contributed by atoms with Gasteiger partial charge in [-0.05, 0) is 12.0 Å². The van der Waals surface area contributed by atoms with Gasteiger partial charge in [0.15, 0.2) is 0 Å². The van der Waals surface area contributed by atoms with Crippen LogP contribution in [-0.2, 0) is 9.53 Å². The van der Waals surface area contributed by atoms with Crippen LogP contribution >= 0.6 is 0 Å². The summed E-state index contributed by atoms with van der Waals surface area (Å²) >= 11 is 0. The van der Waals surface area contributed by atoms with E-state index >= 15 is 0 Å². The molecule has 2 N–H and O–H groups in total. The normalized spacial score (nSPS) is 26.1. The molecule has 2 atom stereocenters. The average molecular weight is 207 g/mol. The lowest BCUT2D eigenvalue weighted by molar-refractivity contribution is -0.157. The molecule has 1 aromatic carbocycles. The van der Waals surface area contributed by atoms with Gasteiger partial charge in [-0.1, -0.05) is 30.3 Å². The molecule has 0 amide bonds. The van der Waals surface area contributed by atoms with Gasteiger partial charge in [0.2, 0.25) is 6.23 Å². The number of rotatable bonds is 2. The molecule has 4 heteroatoms. The number of carbonyl (C=O) groups is 1. The summed E-state index contributed by atoms with van der Waals surface area (Å²) in [5.41, 5.74) is 1.10. The predicted molar refractivity (Wildman–Crippen MR) is 54.3 cm³/mol. The standard InChI is InChI=1S/C11H13NO3/c13-11(14)10-12-9(6-7-15-10)8-4-2-1-3-5-8/h1-5,9-10,12H,6-7H2,(H,13,14). The van der Waals surface area contributed by atoms with Crippen LogP contribution < -0.4 is 5.32 Å². The van der Waals surface area contributed by atoms with Crippen LogP contribution in [0.15, 0.2) is 30.3 Å². The van der Waals surface area contributed by atoms with Crippen LogP contribution in [0.4, 0.5) is 0 Å². The smallest absolute Gasteiger partial charge is 0.348 e. The van der Waals surface area contributed by atoms with E-state index in [1.54, 1.807) is 0 Å². The van der Waals surface area contributed by atoms with E-state index in [-0.39, 0.29) is 6.04 Å². The van der Waals surface area contributed by atoms with Crippen molar-refractivity contribution in [1.29, 1.82) is 0 Å². The number of hydrogen-bond donors (Lipinski definition) is 2.